The normalized spacial score (nSPS) is 30.3. The van der Waals surface area contributed by atoms with Crippen LogP contribution in [0.1, 0.15) is 39.0 Å². The third kappa shape index (κ3) is 3.26. The van der Waals surface area contributed by atoms with E-state index in [2.05, 4.69) is 27.2 Å². The average Bonchev–Trinajstić information content (AvgIpc) is 3.00. The number of aromatic nitrogens is 3. The highest BCUT2D eigenvalue weighted by Gasteiger charge is 2.38. The molecule has 1 N–H and O–H groups in total. The van der Waals surface area contributed by atoms with Crippen molar-refractivity contribution in [2.45, 2.75) is 51.1 Å². The Balaban J connectivity index is 1.61. The van der Waals surface area contributed by atoms with Crippen molar-refractivity contribution in [1.29, 1.82) is 0 Å². The summed E-state index contributed by atoms with van der Waals surface area (Å²) in [4.78, 5) is 18.9. The number of hydrogen-bond donors (Lipinski definition) is 1. The molecule has 3 heterocycles. The third-order valence-corrected chi connectivity index (χ3v) is 4.81. The molecule has 2 aliphatic heterocycles. The predicted octanol–water partition coefficient (Wildman–Crippen LogP) is 1.05. The van der Waals surface area contributed by atoms with E-state index in [1.807, 2.05) is 4.68 Å². The fraction of sp³-hybridized carbons (Fsp3) is 0.800. The number of piperidine rings is 2. The molecule has 6 nitrogen and oxygen atoms in total. The molecule has 0 aromatic carbocycles. The van der Waals surface area contributed by atoms with Gasteiger partial charge in [-0.25, -0.2) is 4.98 Å². The molecule has 2 fully saturated rings. The van der Waals surface area contributed by atoms with Gasteiger partial charge in [-0.1, -0.05) is 0 Å². The standard InChI is InChI=1S/C15H25N5O/c1-15(6-2-3-7-17-15)14(21)19-8-4-5-13(9-19)10-20-12-16-11-18-20/h11-13,17H,2-10H2,1H3. The lowest BCUT2D eigenvalue weighted by atomic mass is 9.88. The third-order valence-electron chi connectivity index (χ3n) is 4.81. The monoisotopic (exact) mass is 291 g/mol. The molecule has 6 heteroatoms. The maximum absolute atomic E-state index is 12.9. The van der Waals surface area contributed by atoms with Gasteiger partial charge in [-0.2, -0.15) is 5.10 Å². The van der Waals surface area contributed by atoms with Crippen molar-refractivity contribution in [2.24, 2.45) is 5.92 Å². The molecule has 0 spiro atoms. The Morgan fingerprint density at radius 2 is 2.33 bits per heavy atom. The van der Waals surface area contributed by atoms with Crippen LogP contribution in [0.25, 0.3) is 0 Å². The van der Waals surface area contributed by atoms with Crippen LogP contribution >= 0.6 is 0 Å². The van der Waals surface area contributed by atoms with Gasteiger partial charge in [0.1, 0.15) is 12.7 Å². The molecule has 21 heavy (non-hydrogen) atoms. The van der Waals surface area contributed by atoms with Gasteiger partial charge in [0.2, 0.25) is 5.91 Å². The van der Waals surface area contributed by atoms with Crippen LogP contribution in [-0.4, -0.2) is 50.7 Å². The van der Waals surface area contributed by atoms with Gasteiger partial charge < -0.3 is 10.2 Å². The Kier molecular flexibility index (Phi) is 4.24. The second-order valence-corrected chi connectivity index (χ2v) is 6.59. The van der Waals surface area contributed by atoms with E-state index in [0.717, 1.165) is 51.9 Å². The topological polar surface area (TPSA) is 63.1 Å². The van der Waals surface area contributed by atoms with Crippen LogP contribution in [0.15, 0.2) is 12.7 Å². The quantitative estimate of drug-likeness (QED) is 0.904. The summed E-state index contributed by atoms with van der Waals surface area (Å²) in [5.41, 5.74) is -0.354. The van der Waals surface area contributed by atoms with Gasteiger partial charge >= 0.3 is 0 Å². The van der Waals surface area contributed by atoms with Crippen LogP contribution in [0.3, 0.4) is 0 Å². The SMILES string of the molecule is CC1(C(=O)N2CCCC(Cn3cncn3)C2)CCCCN1. The second-order valence-electron chi connectivity index (χ2n) is 6.59. The minimum absolute atomic E-state index is 0.283. The highest BCUT2D eigenvalue weighted by molar-refractivity contribution is 5.86. The van der Waals surface area contributed by atoms with Crippen LogP contribution < -0.4 is 5.32 Å². The summed E-state index contributed by atoms with van der Waals surface area (Å²) in [6, 6.07) is 0. The van der Waals surface area contributed by atoms with Crippen molar-refractivity contribution in [1.82, 2.24) is 25.0 Å². The maximum atomic E-state index is 12.9. The van der Waals surface area contributed by atoms with Gasteiger partial charge in [-0.15, -0.1) is 0 Å². The lowest BCUT2D eigenvalue weighted by Crippen LogP contribution is -2.59. The zero-order valence-corrected chi connectivity index (χ0v) is 12.8. The summed E-state index contributed by atoms with van der Waals surface area (Å²) in [5, 5.41) is 7.61. The summed E-state index contributed by atoms with van der Waals surface area (Å²) >= 11 is 0. The van der Waals surface area contributed by atoms with E-state index < -0.39 is 0 Å². The average molecular weight is 291 g/mol. The number of likely N-dealkylation sites (tertiary alicyclic amines) is 1. The Bertz CT molecular complexity index is 466. The van der Waals surface area contributed by atoms with Gasteiger partial charge in [0.05, 0.1) is 5.54 Å². The number of hydrogen-bond acceptors (Lipinski definition) is 4. The molecule has 1 aromatic rings. The largest absolute Gasteiger partial charge is 0.341 e. The zero-order valence-electron chi connectivity index (χ0n) is 12.8. The molecule has 1 amide bonds. The Labute approximate surface area is 125 Å². The van der Waals surface area contributed by atoms with Crippen LogP contribution in [-0.2, 0) is 11.3 Å². The highest BCUT2D eigenvalue weighted by Crippen LogP contribution is 2.25. The van der Waals surface area contributed by atoms with Gasteiger partial charge in [-0.05, 0) is 51.5 Å². The zero-order chi connectivity index (χ0) is 14.7. The van der Waals surface area contributed by atoms with Crippen LogP contribution in [0.4, 0.5) is 0 Å². The minimum atomic E-state index is -0.354. The van der Waals surface area contributed by atoms with Gasteiger partial charge in [-0.3, -0.25) is 9.48 Å². The molecule has 2 saturated heterocycles. The van der Waals surface area contributed by atoms with E-state index in [0.29, 0.717) is 5.92 Å². The van der Waals surface area contributed by atoms with Gasteiger partial charge in [0.25, 0.3) is 0 Å². The van der Waals surface area contributed by atoms with Crippen molar-refractivity contribution >= 4 is 5.91 Å². The van der Waals surface area contributed by atoms with Crippen LogP contribution in [0.2, 0.25) is 0 Å². The number of nitrogens with one attached hydrogen (secondary N) is 1. The molecule has 116 valence electrons. The van der Waals surface area contributed by atoms with E-state index in [1.165, 1.54) is 6.42 Å². The van der Waals surface area contributed by atoms with Gasteiger partial charge in [0, 0.05) is 19.6 Å². The first-order valence-corrected chi connectivity index (χ1v) is 8.04. The van der Waals surface area contributed by atoms with E-state index >= 15 is 0 Å². The number of carbonyl (C=O) groups excluding carboxylic acids is 1. The molecule has 0 radical (unpaired) electrons. The summed E-state index contributed by atoms with van der Waals surface area (Å²) in [6.07, 6.45) is 8.85. The lowest BCUT2D eigenvalue weighted by Gasteiger charge is -2.41. The van der Waals surface area contributed by atoms with Crippen molar-refractivity contribution < 1.29 is 4.79 Å². The van der Waals surface area contributed by atoms with E-state index in [1.54, 1.807) is 12.7 Å². The van der Waals surface area contributed by atoms with Crippen LogP contribution in [0, 0.1) is 5.92 Å². The van der Waals surface area contributed by atoms with E-state index in [-0.39, 0.29) is 11.4 Å². The highest BCUT2D eigenvalue weighted by atomic mass is 16.2. The molecule has 1 aromatic heterocycles. The fourth-order valence-electron chi connectivity index (χ4n) is 3.58. The Morgan fingerprint density at radius 3 is 3.05 bits per heavy atom. The molecular weight excluding hydrogens is 266 g/mol. The summed E-state index contributed by atoms with van der Waals surface area (Å²) in [5.74, 6) is 0.766. The summed E-state index contributed by atoms with van der Waals surface area (Å²) in [7, 11) is 0. The van der Waals surface area contributed by atoms with Crippen LogP contribution in [0.5, 0.6) is 0 Å². The Morgan fingerprint density at radius 1 is 1.43 bits per heavy atom. The van der Waals surface area contributed by atoms with Gasteiger partial charge in [0.15, 0.2) is 0 Å². The summed E-state index contributed by atoms with van der Waals surface area (Å²) in [6.45, 7) is 5.61. The molecule has 0 aliphatic carbocycles. The number of rotatable bonds is 3. The fourth-order valence-corrected chi connectivity index (χ4v) is 3.58. The smallest absolute Gasteiger partial charge is 0.242 e. The van der Waals surface area contributed by atoms with E-state index in [9.17, 15) is 4.79 Å². The van der Waals surface area contributed by atoms with Crippen molar-refractivity contribution in [2.75, 3.05) is 19.6 Å². The molecular formula is C15H25N5O. The molecule has 2 aliphatic rings. The predicted molar refractivity (Wildman–Crippen MR) is 79.6 cm³/mol. The Hall–Kier alpha value is -1.43. The molecule has 0 bridgehead atoms. The summed E-state index contributed by atoms with van der Waals surface area (Å²) < 4.78 is 1.87. The minimum Gasteiger partial charge on any atom is -0.341 e. The first kappa shape index (κ1) is 14.5. The van der Waals surface area contributed by atoms with Crippen molar-refractivity contribution in [3.63, 3.8) is 0 Å². The lowest BCUT2D eigenvalue weighted by molar-refractivity contribution is -0.140. The molecule has 3 rings (SSSR count). The molecule has 0 saturated carbocycles. The number of carbonyl (C=O) groups is 1. The molecule has 2 unspecified atom stereocenters. The second kappa shape index (κ2) is 6.13. The maximum Gasteiger partial charge on any atom is 0.242 e. The number of amides is 1. The van der Waals surface area contributed by atoms with E-state index in [4.69, 9.17) is 0 Å². The first-order valence-electron chi connectivity index (χ1n) is 8.04. The number of nitrogens with zero attached hydrogens (tertiary/aromatic N) is 4. The molecule has 2 atom stereocenters. The van der Waals surface area contributed by atoms with Crippen molar-refractivity contribution in [3.05, 3.63) is 12.7 Å². The first-order chi connectivity index (χ1) is 10.2. The van der Waals surface area contributed by atoms with Crippen molar-refractivity contribution in [3.8, 4) is 0 Å².